The molecule has 156 valence electrons. The molecule has 0 radical (unpaired) electrons. The molecule has 0 saturated carbocycles. The summed E-state index contributed by atoms with van der Waals surface area (Å²) in [6.07, 6.45) is 1.88. The van der Waals surface area contributed by atoms with E-state index in [1.807, 2.05) is 30.5 Å². The summed E-state index contributed by atoms with van der Waals surface area (Å²) in [4.78, 5) is 4.64. The van der Waals surface area contributed by atoms with E-state index in [1.54, 1.807) is 0 Å². The lowest BCUT2D eigenvalue weighted by Crippen LogP contribution is -1.90. The summed E-state index contributed by atoms with van der Waals surface area (Å²) < 4.78 is 12.7. The predicted octanol–water partition coefficient (Wildman–Crippen LogP) is 8.49. The fourth-order valence-corrected chi connectivity index (χ4v) is 4.53. The Balaban J connectivity index is 1.58. The molecule has 0 N–H and O–H groups in total. The molecule has 0 atom stereocenters. The van der Waals surface area contributed by atoms with Crippen LogP contribution in [0.15, 0.2) is 87.8 Å². The highest BCUT2D eigenvalue weighted by Gasteiger charge is 2.18. The number of rotatable bonds is 3. The highest BCUT2D eigenvalue weighted by Crippen LogP contribution is 2.40. The molecule has 6 aromatic rings. The molecule has 0 bridgehead atoms. The second kappa shape index (κ2) is 7.10. The number of nitrogens with zero attached hydrogens (tertiary/aromatic N) is 1. The first kappa shape index (κ1) is 18.9. The Morgan fingerprint density at radius 1 is 0.750 bits per heavy atom. The molecule has 32 heavy (non-hydrogen) atoms. The minimum Gasteiger partial charge on any atom is -0.456 e. The summed E-state index contributed by atoms with van der Waals surface area (Å²) in [6, 6.07) is 25.0. The molecule has 3 nitrogen and oxygen atoms in total. The van der Waals surface area contributed by atoms with Gasteiger partial charge in [-0.25, -0.2) is 0 Å². The number of hydrogen-bond donors (Lipinski definition) is 0. The third kappa shape index (κ3) is 2.85. The molecule has 0 unspecified atom stereocenters. The molecular weight excluding hydrogens is 394 g/mol. The monoisotopic (exact) mass is 417 g/mol. The second-order valence-corrected chi connectivity index (χ2v) is 8.68. The van der Waals surface area contributed by atoms with E-state index in [-0.39, 0.29) is 0 Å². The van der Waals surface area contributed by atoms with E-state index in [4.69, 9.17) is 8.83 Å². The topological polar surface area (TPSA) is 39.2 Å². The first-order valence-corrected chi connectivity index (χ1v) is 11.0. The normalized spacial score (nSPS) is 11.9. The smallest absolute Gasteiger partial charge is 0.144 e. The number of furan rings is 2. The molecule has 6 rings (SSSR count). The van der Waals surface area contributed by atoms with Crippen molar-refractivity contribution < 1.29 is 8.83 Å². The van der Waals surface area contributed by atoms with E-state index in [1.165, 1.54) is 5.56 Å². The van der Waals surface area contributed by atoms with Gasteiger partial charge in [0.15, 0.2) is 0 Å². The summed E-state index contributed by atoms with van der Waals surface area (Å²) in [7, 11) is 0. The quantitative estimate of drug-likeness (QED) is 0.290. The summed E-state index contributed by atoms with van der Waals surface area (Å²) in [5.41, 5.74) is 7.98. The molecule has 0 saturated heterocycles. The van der Waals surface area contributed by atoms with Crippen LogP contribution in [0, 0.1) is 6.92 Å². The largest absolute Gasteiger partial charge is 0.456 e. The van der Waals surface area contributed by atoms with Crippen LogP contribution in [0.25, 0.3) is 55.5 Å². The van der Waals surface area contributed by atoms with Crippen LogP contribution in [0.1, 0.15) is 30.9 Å². The third-order valence-corrected chi connectivity index (χ3v) is 6.32. The zero-order valence-electron chi connectivity index (χ0n) is 18.3. The van der Waals surface area contributed by atoms with E-state index in [0.717, 1.165) is 61.1 Å². The molecule has 0 spiro atoms. The zero-order valence-corrected chi connectivity index (χ0v) is 18.3. The maximum Gasteiger partial charge on any atom is 0.144 e. The van der Waals surface area contributed by atoms with Gasteiger partial charge in [-0.2, -0.15) is 0 Å². The van der Waals surface area contributed by atoms with Gasteiger partial charge in [0.05, 0.1) is 5.69 Å². The maximum atomic E-state index is 6.40. The summed E-state index contributed by atoms with van der Waals surface area (Å²) in [5.74, 6) is 1.35. The molecule has 3 aromatic heterocycles. The van der Waals surface area contributed by atoms with Crippen LogP contribution in [0.3, 0.4) is 0 Å². The number of aryl methyl sites for hydroxylation is 1. The lowest BCUT2D eigenvalue weighted by molar-refractivity contribution is 0.626. The van der Waals surface area contributed by atoms with Gasteiger partial charge < -0.3 is 8.83 Å². The van der Waals surface area contributed by atoms with Gasteiger partial charge in [0.1, 0.15) is 22.5 Å². The van der Waals surface area contributed by atoms with E-state index < -0.39 is 0 Å². The van der Waals surface area contributed by atoms with Gasteiger partial charge in [0, 0.05) is 45.1 Å². The van der Waals surface area contributed by atoms with Crippen LogP contribution >= 0.6 is 0 Å². The van der Waals surface area contributed by atoms with Crippen LogP contribution in [0.2, 0.25) is 0 Å². The fraction of sp³-hybridized carbons (Fsp3) is 0.138. The lowest BCUT2D eigenvalue weighted by Gasteiger charge is -2.07. The molecule has 3 heteroatoms. The van der Waals surface area contributed by atoms with Crippen LogP contribution in [0.5, 0.6) is 0 Å². The number of aromatic nitrogens is 1. The van der Waals surface area contributed by atoms with Gasteiger partial charge in [-0.1, -0.05) is 56.3 Å². The van der Waals surface area contributed by atoms with Gasteiger partial charge in [-0.3, -0.25) is 4.98 Å². The Morgan fingerprint density at radius 3 is 2.38 bits per heavy atom. The molecule has 0 aliphatic heterocycles. The van der Waals surface area contributed by atoms with Gasteiger partial charge in [0.2, 0.25) is 0 Å². The molecular formula is C29H23NO2. The standard InChI is InChI=1S/C29H23NO2/c1-17(2)20-12-13-30-25(14-20)22-11-7-10-21-24-15-23-18(3)28(19-8-5-4-6-9-19)31-26(23)16-27(24)32-29(21)22/h4-17H,1-3H3. The Bertz CT molecular complexity index is 1600. The van der Waals surface area contributed by atoms with Crippen LogP contribution in [0.4, 0.5) is 0 Å². The van der Waals surface area contributed by atoms with E-state index in [2.05, 4.69) is 74.3 Å². The summed E-state index contributed by atoms with van der Waals surface area (Å²) >= 11 is 0. The average Bonchev–Trinajstić information content (AvgIpc) is 3.35. The molecule has 0 amide bonds. The SMILES string of the molecule is Cc1c(-c2ccccc2)oc2cc3oc4c(-c5cc(C(C)C)ccn5)cccc4c3cc12. The minimum atomic E-state index is 0.445. The van der Waals surface area contributed by atoms with Crippen molar-refractivity contribution >= 4 is 32.9 Å². The third-order valence-electron chi connectivity index (χ3n) is 6.32. The molecule has 0 aliphatic carbocycles. The Morgan fingerprint density at radius 2 is 1.56 bits per heavy atom. The predicted molar refractivity (Wildman–Crippen MR) is 131 cm³/mol. The van der Waals surface area contributed by atoms with E-state index in [0.29, 0.717) is 5.92 Å². The van der Waals surface area contributed by atoms with Crippen LogP contribution < -0.4 is 0 Å². The first-order chi connectivity index (χ1) is 15.6. The molecule has 0 fully saturated rings. The van der Waals surface area contributed by atoms with Gasteiger partial charge in [-0.05, 0) is 42.7 Å². The van der Waals surface area contributed by atoms with Crippen molar-refractivity contribution in [1.29, 1.82) is 0 Å². The Hall–Kier alpha value is -3.85. The number of pyridine rings is 1. The average molecular weight is 418 g/mol. The van der Waals surface area contributed by atoms with Crippen molar-refractivity contribution in [3.63, 3.8) is 0 Å². The van der Waals surface area contributed by atoms with Crippen molar-refractivity contribution in [2.24, 2.45) is 0 Å². The zero-order chi connectivity index (χ0) is 21.8. The van der Waals surface area contributed by atoms with Crippen molar-refractivity contribution in [3.8, 4) is 22.6 Å². The maximum absolute atomic E-state index is 6.40. The first-order valence-electron chi connectivity index (χ1n) is 11.0. The number of hydrogen-bond acceptors (Lipinski definition) is 3. The Kier molecular flexibility index (Phi) is 4.19. The van der Waals surface area contributed by atoms with Crippen LogP contribution in [-0.2, 0) is 0 Å². The van der Waals surface area contributed by atoms with Crippen molar-refractivity contribution in [2.75, 3.05) is 0 Å². The minimum absolute atomic E-state index is 0.445. The van der Waals surface area contributed by atoms with Crippen molar-refractivity contribution in [1.82, 2.24) is 4.98 Å². The molecule has 3 heterocycles. The number of benzene rings is 3. The van der Waals surface area contributed by atoms with Gasteiger partial charge in [0.25, 0.3) is 0 Å². The van der Waals surface area contributed by atoms with Gasteiger partial charge >= 0.3 is 0 Å². The summed E-state index contributed by atoms with van der Waals surface area (Å²) in [5, 5.41) is 3.31. The van der Waals surface area contributed by atoms with Gasteiger partial charge in [-0.15, -0.1) is 0 Å². The number of fused-ring (bicyclic) bond motifs is 4. The Labute approximate surface area is 186 Å². The van der Waals surface area contributed by atoms with Crippen molar-refractivity contribution in [2.45, 2.75) is 26.7 Å². The lowest BCUT2D eigenvalue weighted by atomic mass is 10.00. The number of para-hydroxylation sites is 1. The van der Waals surface area contributed by atoms with E-state index >= 15 is 0 Å². The van der Waals surface area contributed by atoms with Crippen molar-refractivity contribution in [3.05, 3.63) is 90.1 Å². The van der Waals surface area contributed by atoms with Crippen LogP contribution in [-0.4, -0.2) is 4.98 Å². The summed E-state index contributed by atoms with van der Waals surface area (Å²) in [6.45, 7) is 6.51. The highest BCUT2D eigenvalue weighted by molar-refractivity contribution is 6.13. The second-order valence-electron chi connectivity index (χ2n) is 8.68. The molecule has 3 aromatic carbocycles. The fourth-order valence-electron chi connectivity index (χ4n) is 4.53. The highest BCUT2D eigenvalue weighted by atomic mass is 16.3. The van der Waals surface area contributed by atoms with E-state index in [9.17, 15) is 0 Å². The molecule has 0 aliphatic rings.